The van der Waals surface area contributed by atoms with Gasteiger partial charge < -0.3 is 15.2 Å². The van der Waals surface area contributed by atoms with Gasteiger partial charge in [0.05, 0.1) is 37.0 Å². The summed E-state index contributed by atoms with van der Waals surface area (Å²) in [5, 5.41) is 13.0. The molecule has 0 saturated carbocycles. The quantitative estimate of drug-likeness (QED) is 0.707. The van der Waals surface area contributed by atoms with Gasteiger partial charge in [-0.15, -0.1) is 0 Å². The standard InChI is InChI=1S/C18H20BrClN2O3/c1-22(17(11-23)12-3-6-14(25-2)7-4-12)10-18(24)21-16-8-5-13(19)9-15(16)20/h3-9,17,23H,10-11H2,1-2H3,(H,21,24). The zero-order valence-corrected chi connectivity index (χ0v) is 16.3. The van der Waals surface area contributed by atoms with Crippen LogP contribution in [0.15, 0.2) is 46.9 Å². The molecule has 0 aliphatic carbocycles. The number of halogens is 2. The Kier molecular flexibility index (Phi) is 7.25. The zero-order chi connectivity index (χ0) is 18.4. The van der Waals surface area contributed by atoms with Gasteiger partial charge in [0.25, 0.3) is 0 Å². The van der Waals surface area contributed by atoms with Crippen LogP contribution in [0.25, 0.3) is 0 Å². The Morgan fingerprint density at radius 1 is 1.32 bits per heavy atom. The highest BCUT2D eigenvalue weighted by Gasteiger charge is 2.19. The van der Waals surface area contributed by atoms with E-state index in [4.69, 9.17) is 16.3 Å². The lowest BCUT2D eigenvalue weighted by Crippen LogP contribution is -2.35. The van der Waals surface area contributed by atoms with Gasteiger partial charge in [-0.05, 0) is 42.9 Å². The predicted molar refractivity (Wildman–Crippen MR) is 103 cm³/mol. The molecule has 2 aromatic carbocycles. The first-order valence-electron chi connectivity index (χ1n) is 7.64. The van der Waals surface area contributed by atoms with Crippen molar-refractivity contribution in [1.82, 2.24) is 4.90 Å². The van der Waals surface area contributed by atoms with Crippen molar-refractivity contribution >= 4 is 39.1 Å². The fourth-order valence-corrected chi connectivity index (χ4v) is 3.16. The number of aliphatic hydroxyl groups excluding tert-OH is 1. The molecular weight excluding hydrogens is 408 g/mol. The van der Waals surface area contributed by atoms with E-state index in [2.05, 4.69) is 21.2 Å². The van der Waals surface area contributed by atoms with Gasteiger partial charge in [-0.2, -0.15) is 0 Å². The van der Waals surface area contributed by atoms with Crippen molar-refractivity contribution in [3.8, 4) is 5.75 Å². The largest absolute Gasteiger partial charge is 0.497 e. The molecule has 7 heteroatoms. The third kappa shape index (κ3) is 5.44. The van der Waals surface area contributed by atoms with Gasteiger partial charge in [-0.1, -0.05) is 39.7 Å². The highest BCUT2D eigenvalue weighted by atomic mass is 79.9. The summed E-state index contributed by atoms with van der Waals surface area (Å²) in [7, 11) is 3.39. The van der Waals surface area contributed by atoms with E-state index in [1.807, 2.05) is 24.3 Å². The molecule has 0 heterocycles. The number of anilines is 1. The van der Waals surface area contributed by atoms with Gasteiger partial charge in [-0.25, -0.2) is 0 Å². The lowest BCUT2D eigenvalue weighted by molar-refractivity contribution is -0.117. The van der Waals surface area contributed by atoms with Crippen molar-refractivity contribution in [2.24, 2.45) is 0 Å². The molecule has 0 aliphatic rings. The van der Waals surface area contributed by atoms with Gasteiger partial charge in [-0.3, -0.25) is 9.69 Å². The third-order valence-corrected chi connectivity index (χ3v) is 4.61. The maximum absolute atomic E-state index is 12.3. The van der Waals surface area contributed by atoms with E-state index in [0.29, 0.717) is 10.7 Å². The Bertz CT molecular complexity index is 725. The van der Waals surface area contributed by atoms with E-state index in [0.717, 1.165) is 15.8 Å². The van der Waals surface area contributed by atoms with Crippen LogP contribution in [0.2, 0.25) is 5.02 Å². The van der Waals surface area contributed by atoms with E-state index >= 15 is 0 Å². The molecule has 0 aromatic heterocycles. The Balaban J connectivity index is 2.02. The molecule has 0 spiro atoms. The first-order chi connectivity index (χ1) is 11.9. The van der Waals surface area contributed by atoms with Crippen molar-refractivity contribution < 1.29 is 14.6 Å². The van der Waals surface area contributed by atoms with E-state index in [1.54, 1.807) is 37.3 Å². The van der Waals surface area contributed by atoms with Gasteiger partial charge in [0.15, 0.2) is 0 Å². The second kappa shape index (κ2) is 9.20. The van der Waals surface area contributed by atoms with Crippen LogP contribution in [-0.4, -0.2) is 43.2 Å². The van der Waals surface area contributed by atoms with Crippen LogP contribution in [0, 0.1) is 0 Å². The number of hydrogen-bond donors (Lipinski definition) is 2. The van der Waals surface area contributed by atoms with E-state index in [9.17, 15) is 9.90 Å². The van der Waals surface area contributed by atoms with Gasteiger partial charge in [0, 0.05) is 4.47 Å². The maximum atomic E-state index is 12.3. The second-order valence-corrected chi connectivity index (χ2v) is 6.88. The van der Waals surface area contributed by atoms with Crippen LogP contribution in [0.5, 0.6) is 5.75 Å². The van der Waals surface area contributed by atoms with Crippen molar-refractivity contribution in [2.45, 2.75) is 6.04 Å². The van der Waals surface area contributed by atoms with Crippen molar-refractivity contribution in [2.75, 3.05) is 32.6 Å². The van der Waals surface area contributed by atoms with Crippen LogP contribution in [-0.2, 0) is 4.79 Å². The van der Waals surface area contributed by atoms with E-state index in [-0.39, 0.29) is 25.1 Å². The summed E-state index contributed by atoms with van der Waals surface area (Å²) in [4.78, 5) is 14.1. The number of carbonyl (C=O) groups excluding carboxylic acids is 1. The van der Waals surface area contributed by atoms with E-state index in [1.165, 1.54) is 0 Å². The monoisotopic (exact) mass is 426 g/mol. The summed E-state index contributed by atoms with van der Waals surface area (Å²) in [6.07, 6.45) is 0. The molecular formula is C18H20BrClN2O3. The zero-order valence-electron chi connectivity index (χ0n) is 14.0. The molecule has 5 nitrogen and oxygen atoms in total. The van der Waals surface area contributed by atoms with Crippen LogP contribution in [0.1, 0.15) is 11.6 Å². The van der Waals surface area contributed by atoms with Gasteiger partial charge in [0.2, 0.25) is 5.91 Å². The smallest absolute Gasteiger partial charge is 0.238 e. The van der Waals surface area contributed by atoms with E-state index < -0.39 is 0 Å². The fraction of sp³-hybridized carbons (Fsp3) is 0.278. The summed E-state index contributed by atoms with van der Waals surface area (Å²) < 4.78 is 5.98. The first-order valence-corrected chi connectivity index (χ1v) is 8.81. The predicted octanol–water partition coefficient (Wildman–Crippen LogP) is 3.72. The maximum Gasteiger partial charge on any atom is 0.238 e. The minimum absolute atomic E-state index is 0.102. The Morgan fingerprint density at radius 2 is 2.00 bits per heavy atom. The molecule has 0 radical (unpaired) electrons. The minimum atomic E-state index is -0.294. The Hall–Kier alpha value is -1.60. The highest BCUT2D eigenvalue weighted by molar-refractivity contribution is 9.10. The SMILES string of the molecule is COc1ccc(C(CO)N(C)CC(=O)Nc2ccc(Br)cc2Cl)cc1. The molecule has 1 amide bonds. The molecule has 1 unspecified atom stereocenters. The van der Waals surface area contributed by atoms with Crippen molar-refractivity contribution in [3.63, 3.8) is 0 Å². The molecule has 2 rings (SSSR count). The summed E-state index contributed by atoms with van der Waals surface area (Å²) in [6.45, 7) is 0.0127. The molecule has 1 atom stereocenters. The van der Waals surface area contributed by atoms with Crippen LogP contribution >= 0.6 is 27.5 Å². The van der Waals surface area contributed by atoms with Crippen molar-refractivity contribution in [3.05, 3.63) is 57.5 Å². The van der Waals surface area contributed by atoms with Crippen LogP contribution < -0.4 is 10.1 Å². The molecule has 0 bridgehead atoms. The number of nitrogens with zero attached hydrogens (tertiary/aromatic N) is 1. The summed E-state index contributed by atoms with van der Waals surface area (Å²) in [5.41, 5.74) is 1.45. The molecule has 0 fully saturated rings. The van der Waals surface area contributed by atoms with Gasteiger partial charge >= 0.3 is 0 Å². The number of likely N-dealkylation sites (N-methyl/N-ethyl adjacent to an activating group) is 1. The number of aliphatic hydroxyl groups is 1. The summed E-state index contributed by atoms with van der Waals surface area (Å²) >= 11 is 9.44. The molecule has 0 aliphatic heterocycles. The molecule has 2 N–H and O–H groups in total. The van der Waals surface area contributed by atoms with Crippen molar-refractivity contribution in [1.29, 1.82) is 0 Å². The lowest BCUT2D eigenvalue weighted by atomic mass is 10.1. The minimum Gasteiger partial charge on any atom is -0.497 e. The number of amides is 1. The number of rotatable bonds is 7. The molecule has 25 heavy (non-hydrogen) atoms. The topological polar surface area (TPSA) is 61.8 Å². The normalized spacial score (nSPS) is 12.1. The Morgan fingerprint density at radius 3 is 2.56 bits per heavy atom. The lowest BCUT2D eigenvalue weighted by Gasteiger charge is -2.26. The highest BCUT2D eigenvalue weighted by Crippen LogP contribution is 2.26. The average Bonchev–Trinajstić information content (AvgIpc) is 2.58. The number of carbonyl (C=O) groups is 1. The number of methoxy groups -OCH3 is 1. The number of benzene rings is 2. The molecule has 0 saturated heterocycles. The number of nitrogens with one attached hydrogen (secondary N) is 1. The van der Waals surface area contributed by atoms with Crippen LogP contribution in [0.4, 0.5) is 5.69 Å². The number of hydrogen-bond acceptors (Lipinski definition) is 4. The second-order valence-electron chi connectivity index (χ2n) is 5.56. The fourth-order valence-electron chi connectivity index (χ4n) is 2.44. The average molecular weight is 428 g/mol. The van der Waals surface area contributed by atoms with Gasteiger partial charge in [0.1, 0.15) is 5.75 Å². The number of ether oxygens (including phenoxy) is 1. The molecule has 134 valence electrons. The van der Waals surface area contributed by atoms with Crippen LogP contribution in [0.3, 0.4) is 0 Å². The molecule has 2 aromatic rings. The third-order valence-electron chi connectivity index (χ3n) is 3.80. The Labute approximate surface area is 160 Å². The summed E-state index contributed by atoms with van der Waals surface area (Å²) in [6, 6.07) is 12.4. The first kappa shape index (κ1) is 19.7. The summed E-state index contributed by atoms with van der Waals surface area (Å²) in [5.74, 6) is 0.532.